The lowest BCUT2D eigenvalue weighted by atomic mass is 10.4. The normalized spacial score (nSPS) is 12.6. The molecule has 14 heavy (non-hydrogen) atoms. The lowest BCUT2D eigenvalue weighted by molar-refractivity contribution is 0.434. The Balaban J connectivity index is 2.12. The Bertz CT molecular complexity index is 400. The molecule has 68 valence electrons. The molecule has 3 rings (SSSR count). The van der Waals surface area contributed by atoms with Crippen molar-refractivity contribution in [2.75, 3.05) is 0 Å². The van der Waals surface area contributed by atoms with Crippen molar-refractivity contribution in [2.24, 2.45) is 0 Å². The van der Waals surface area contributed by atoms with Gasteiger partial charge in [0.2, 0.25) is 5.88 Å². The predicted molar refractivity (Wildman–Crippen MR) is 52.7 cm³/mol. The van der Waals surface area contributed by atoms with E-state index in [0.29, 0.717) is 5.88 Å². The van der Waals surface area contributed by atoms with Crippen molar-refractivity contribution < 1.29 is 4.74 Å². The first-order valence-electron chi connectivity index (χ1n) is 4.18. The summed E-state index contributed by atoms with van der Waals surface area (Å²) in [7, 11) is 0. The highest BCUT2D eigenvalue weighted by atomic mass is 32.2. The van der Waals surface area contributed by atoms with Crippen LogP contribution >= 0.6 is 11.8 Å². The second kappa shape index (κ2) is 2.99. The smallest absolute Gasteiger partial charge is 0.233 e. The molecule has 0 spiro atoms. The molecule has 0 atom stereocenters. The maximum atomic E-state index is 5.61. The molecular weight excluding hydrogens is 196 g/mol. The summed E-state index contributed by atoms with van der Waals surface area (Å²) in [6.45, 7) is 0. The topological polar surface area (TPSA) is 35.0 Å². The van der Waals surface area contributed by atoms with Crippen LogP contribution in [0.5, 0.6) is 11.6 Å². The monoisotopic (exact) mass is 202 g/mol. The summed E-state index contributed by atoms with van der Waals surface area (Å²) in [6, 6.07) is 5.74. The molecule has 0 N–H and O–H groups in total. The molecule has 0 saturated carbocycles. The van der Waals surface area contributed by atoms with Crippen LogP contribution in [0.25, 0.3) is 0 Å². The van der Waals surface area contributed by atoms with Crippen LogP contribution in [0, 0.1) is 0 Å². The van der Waals surface area contributed by atoms with Crippen molar-refractivity contribution in [1.82, 2.24) is 9.97 Å². The summed E-state index contributed by atoms with van der Waals surface area (Å²) >= 11 is 1.63. The SMILES string of the molecule is c1cnc2c(c1)Sc1cnccc1O2. The zero-order chi connectivity index (χ0) is 9.38. The zero-order valence-electron chi connectivity index (χ0n) is 7.18. The first-order valence-corrected chi connectivity index (χ1v) is 5.00. The van der Waals surface area contributed by atoms with Gasteiger partial charge in [-0.15, -0.1) is 0 Å². The Labute approximate surface area is 85.2 Å². The van der Waals surface area contributed by atoms with E-state index in [1.165, 1.54) is 0 Å². The van der Waals surface area contributed by atoms with Crippen LogP contribution in [0.2, 0.25) is 0 Å². The van der Waals surface area contributed by atoms with E-state index in [1.54, 1.807) is 30.4 Å². The van der Waals surface area contributed by atoms with Crippen LogP contribution < -0.4 is 4.74 Å². The highest BCUT2D eigenvalue weighted by Gasteiger charge is 2.17. The number of fused-ring (bicyclic) bond motifs is 2. The fraction of sp³-hybridized carbons (Fsp3) is 0. The van der Waals surface area contributed by atoms with Gasteiger partial charge in [-0.25, -0.2) is 4.98 Å². The first kappa shape index (κ1) is 7.82. The van der Waals surface area contributed by atoms with Crippen molar-refractivity contribution in [3.05, 3.63) is 36.8 Å². The molecule has 0 amide bonds. The minimum absolute atomic E-state index is 0.677. The van der Waals surface area contributed by atoms with Gasteiger partial charge in [0.15, 0.2) is 0 Å². The number of nitrogens with zero attached hydrogens (tertiary/aromatic N) is 2. The minimum atomic E-state index is 0.677. The molecule has 0 saturated heterocycles. The number of pyridine rings is 2. The second-order valence-corrected chi connectivity index (χ2v) is 3.92. The van der Waals surface area contributed by atoms with Gasteiger partial charge in [-0.05, 0) is 12.1 Å². The van der Waals surface area contributed by atoms with Crippen LogP contribution in [0.3, 0.4) is 0 Å². The summed E-state index contributed by atoms with van der Waals surface area (Å²) in [6.07, 6.45) is 5.24. The number of ether oxygens (including phenoxy) is 1. The van der Waals surface area contributed by atoms with E-state index in [2.05, 4.69) is 9.97 Å². The van der Waals surface area contributed by atoms with Gasteiger partial charge in [-0.2, -0.15) is 0 Å². The summed E-state index contributed by atoms with van der Waals surface area (Å²) in [5, 5.41) is 0. The second-order valence-electron chi connectivity index (χ2n) is 2.83. The molecule has 0 aliphatic carbocycles. The molecule has 1 aliphatic rings. The van der Waals surface area contributed by atoms with Gasteiger partial charge < -0.3 is 4.74 Å². The number of hydrogen-bond donors (Lipinski definition) is 0. The van der Waals surface area contributed by atoms with E-state index in [0.717, 1.165) is 15.5 Å². The van der Waals surface area contributed by atoms with Gasteiger partial charge >= 0.3 is 0 Å². The molecule has 3 heterocycles. The van der Waals surface area contributed by atoms with Crippen molar-refractivity contribution in [3.63, 3.8) is 0 Å². The Morgan fingerprint density at radius 3 is 3.14 bits per heavy atom. The van der Waals surface area contributed by atoms with E-state index in [4.69, 9.17) is 4.74 Å². The molecule has 4 heteroatoms. The summed E-state index contributed by atoms with van der Waals surface area (Å²) in [5.41, 5.74) is 0. The van der Waals surface area contributed by atoms with E-state index in [-0.39, 0.29) is 0 Å². The molecule has 0 unspecified atom stereocenters. The highest BCUT2D eigenvalue weighted by molar-refractivity contribution is 7.99. The van der Waals surface area contributed by atoms with E-state index < -0.39 is 0 Å². The molecule has 0 bridgehead atoms. The average Bonchev–Trinajstić information content (AvgIpc) is 2.26. The Kier molecular flexibility index (Phi) is 1.67. The lowest BCUT2D eigenvalue weighted by Gasteiger charge is -2.16. The van der Waals surface area contributed by atoms with E-state index in [9.17, 15) is 0 Å². The fourth-order valence-electron chi connectivity index (χ4n) is 1.28. The molecule has 0 fully saturated rings. The van der Waals surface area contributed by atoms with Gasteiger partial charge in [0, 0.05) is 24.7 Å². The third-order valence-electron chi connectivity index (χ3n) is 1.91. The zero-order valence-corrected chi connectivity index (χ0v) is 7.99. The molecule has 2 aromatic heterocycles. The van der Waals surface area contributed by atoms with Gasteiger partial charge in [0.25, 0.3) is 0 Å². The number of rotatable bonds is 0. The summed E-state index contributed by atoms with van der Waals surface area (Å²) in [5.74, 6) is 1.51. The molecule has 1 aliphatic heterocycles. The van der Waals surface area contributed by atoms with Gasteiger partial charge in [-0.1, -0.05) is 11.8 Å². The molecule has 2 aromatic rings. The first-order chi connectivity index (χ1) is 6.93. The molecule has 0 aromatic carbocycles. The Morgan fingerprint density at radius 2 is 2.14 bits per heavy atom. The molecule has 0 radical (unpaired) electrons. The van der Waals surface area contributed by atoms with Crippen molar-refractivity contribution in [1.29, 1.82) is 0 Å². The van der Waals surface area contributed by atoms with Gasteiger partial charge in [-0.3, -0.25) is 4.98 Å². The van der Waals surface area contributed by atoms with Crippen LogP contribution in [0.4, 0.5) is 0 Å². The predicted octanol–water partition coefficient (Wildman–Crippen LogP) is 2.73. The van der Waals surface area contributed by atoms with Crippen molar-refractivity contribution in [3.8, 4) is 11.6 Å². The standard InChI is InChI=1S/C10H6N2OS/c1-2-8-10(12-4-1)13-7-3-5-11-6-9(7)14-8/h1-6H. The van der Waals surface area contributed by atoms with Crippen LogP contribution in [0.15, 0.2) is 46.6 Å². The van der Waals surface area contributed by atoms with Crippen LogP contribution in [-0.2, 0) is 0 Å². The summed E-state index contributed by atoms with van der Waals surface area (Å²) < 4.78 is 5.61. The third-order valence-corrected chi connectivity index (χ3v) is 2.97. The maximum absolute atomic E-state index is 5.61. The van der Waals surface area contributed by atoms with E-state index in [1.807, 2.05) is 18.2 Å². The van der Waals surface area contributed by atoms with Crippen molar-refractivity contribution in [2.45, 2.75) is 9.79 Å². The quantitative estimate of drug-likeness (QED) is 0.561. The maximum Gasteiger partial charge on any atom is 0.233 e. The average molecular weight is 202 g/mol. The van der Waals surface area contributed by atoms with Crippen LogP contribution in [0.1, 0.15) is 0 Å². The minimum Gasteiger partial charge on any atom is -0.437 e. The highest BCUT2D eigenvalue weighted by Crippen LogP contribution is 2.44. The van der Waals surface area contributed by atoms with E-state index >= 15 is 0 Å². The number of aromatic nitrogens is 2. The third kappa shape index (κ3) is 1.15. The Hall–Kier alpha value is -1.55. The van der Waals surface area contributed by atoms with Gasteiger partial charge in [0.05, 0.1) is 9.79 Å². The summed E-state index contributed by atoms with van der Waals surface area (Å²) in [4.78, 5) is 10.3. The molecule has 3 nitrogen and oxygen atoms in total. The van der Waals surface area contributed by atoms with Crippen molar-refractivity contribution >= 4 is 11.8 Å². The fourth-order valence-corrected chi connectivity index (χ4v) is 2.17. The molecular formula is C10H6N2OS. The Morgan fingerprint density at radius 1 is 1.14 bits per heavy atom. The van der Waals surface area contributed by atoms with Gasteiger partial charge in [0.1, 0.15) is 5.75 Å². The largest absolute Gasteiger partial charge is 0.437 e. The number of hydrogen-bond acceptors (Lipinski definition) is 4. The van der Waals surface area contributed by atoms with Crippen LogP contribution in [-0.4, -0.2) is 9.97 Å². The lowest BCUT2D eigenvalue weighted by Crippen LogP contribution is -1.96.